The Morgan fingerprint density at radius 2 is 1.75 bits per heavy atom. The Bertz CT molecular complexity index is 1090. The second-order valence-corrected chi connectivity index (χ2v) is 6.70. The van der Waals surface area contributed by atoms with Crippen LogP contribution in [0.2, 0.25) is 0 Å². The Balaban J connectivity index is 1.86. The minimum atomic E-state index is -1.00. The van der Waals surface area contributed by atoms with Gasteiger partial charge in [-0.1, -0.05) is 15.9 Å². The zero-order valence-corrected chi connectivity index (χ0v) is 16.1. The Kier molecular flexibility index (Phi) is 5.72. The van der Waals surface area contributed by atoms with Gasteiger partial charge >= 0.3 is 5.97 Å². The Labute approximate surface area is 169 Å². The van der Waals surface area contributed by atoms with Crippen LogP contribution in [0.1, 0.15) is 16.1 Å². The molecule has 2 aromatic carbocycles. The van der Waals surface area contributed by atoms with Crippen LogP contribution in [-0.4, -0.2) is 21.6 Å². The molecule has 0 aliphatic rings. The number of nitrogens with zero attached hydrogens (tertiary/aromatic N) is 2. The Morgan fingerprint density at radius 3 is 2.36 bits per heavy atom. The molecule has 0 spiro atoms. The number of nitriles is 1. The maximum atomic E-state index is 12.4. The molecule has 28 heavy (non-hydrogen) atoms. The summed E-state index contributed by atoms with van der Waals surface area (Å²) in [7, 11) is 0. The molecule has 0 atom stereocenters. The maximum Gasteiger partial charge on any atom is 0.335 e. The smallest absolute Gasteiger partial charge is 0.335 e. The number of aromatic carboxylic acids is 1. The van der Waals surface area contributed by atoms with E-state index >= 15 is 0 Å². The SMILES string of the molecule is N#C/C(=C/c1cccn1-c1ccc(C(=O)O)cc1)C(=O)Nc1ccc(Br)cc1. The van der Waals surface area contributed by atoms with E-state index in [1.54, 1.807) is 59.3 Å². The molecule has 2 N–H and O–H groups in total. The van der Waals surface area contributed by atoms with Crippen molar-refractivity contribution in [3.8, 4) is 11.8 Å². The van der Waals surface area contributed by atoms with Crippen molar-refractivity contribution in [3.05, 3.63) is 88.2 Å². The highest BCUT2D eigenvalue weighted by Gasteiger charge is 2.12. The molecule has 1 amide bonds. The van der Waals surface area contributed by atoms with E-state index in [0.717, 1.165) is 4.47 Å². The van der Waals surface area contributed by atoms with Crippen molar-refractivity contribution in [2.45, 2.75) is 0 Å². The van der Waals surface area contributed by atoms with Crippen LogP contribution >= 0.6 is 15.9 Å². The summed E-state index contributed by atoms with van der Waals surface area (Å²) < 4.78 is 2.64. The second kappa shape index (κ2) is 8.37. The first-order valence-corrected chi connectivity index (χ1v) is 8.97. The van der Waals surface area contributed by atoms with E-state index in [1.807, 2.05) is 6.07 Å². The number of hydrogen-bond acceptors (Lipinski definition) is 3. The first-order valence-electron chi connectivity index (χ1n) is 8.18. The minimum Gasteiger partial charge on any atom is -0.478 e. The number of aromatic nitrogens is 1. The first kappa shape index (κ1) is 19.1. The molecule has 0 unspecified atom stereocenters. The third kappa shape index (κ3) is 4.37. The summed E-state index contributed by atoms with van der Waals surface area (Å²) in [6.45, 7) is 0. The second-order valence-electron chi connectivity index (χ2n) is 5.79. The molecule has 0 aliphatic heterocycles. The summed E-state index contributed by atoms with van der Waals surface area (Å²) in [5.74, 6) is -1.52. The van der Waals surface area contributed by atoms with Crippen LogP contribution in [0.15, 0.2) is 76.9 Å². The summed E-state index contributed by atoms with van der Waals surface area (Å²) in [6.07, 6.45) is 3.25. The number of carboxylic acids is 1. The number of nitrogens with one attached hydrogen (secondary N) is 1. The lowest BCUT2D eigenvalue weighted by molar-refractivity contribution is -0.112. The normalized spacial score (nSPS) is 10.9. The number of benzene rings is 2. The summed E-state index contributed by atoms with van der Waals surface area (Å²) in [5, 5.41) is 21.1. The van der Waals surface area contributed by atoms with E-state index < -0.39 is 11.9 Å². The third-order valence-corrected chi connectivity index (χ3v) is 4.46. The summed E-state index contributed by atoms with van der Waals surface area (Å²) >= 11 is 3.32. The van der Waals surface area contributed by atoms with Gasteiger partial charge in [0, 0.05) is 27.7 Å². The molecule has 0 fully saturated rings. The fourth-order valence-corrected chi connectivity index (χ4v) is 2.80. The van der Waals surface area contributed by atoms with E-state index in [4.69, 9.17) is 5.11 Å². The molecule has 0 radical (unpaired) electrons. The van der Waals surface area contributed by atoms with Gasteiger partial charge in [-0.3, -0.25) is 4.79 Å². The lowest BCUT2D eigenvalue weighted by atomic mass is 10.2. The fourth-order valence-electron chi connectivity index (χ4n) is 2.54. The maximum absolute atomic E-state index is 12.4. The molecule has 6 nitrogen and oxygen atoms in total. The highest BCUT2D eigenvalue weighted by atomic mass is 79.9. The van der Waals surface area contributed by atoms with Crippen molar-refractivity contribution in [2.24, 2.45) is 0 Å². The number of amides is 1. The van der Waals surface area contributed by atoms with Gasteiger partial charge in [0.15, 0.2) is 0 Å². The first-order chi connectivity index (χ1) is 13.5. The van der Waals surface area contributed by atoms with Crippen LogP contribution in [0.3, 0.4) is 0 Å². The zero-order valence-electron chi connectivity index (χ0n) is 14.5. The zero-order chi connectivity index (χ0) is 20.1. The van der Waals surface area contributed by atoms with E-state index in [9.17, 15) is 14.9 Å². The van der Waals surface area contributed by atoms with Gasteiger partial charge in [0.1, 0.15) is 11.6 Å². The van der Waals surface area contributed by atoms with Gasteiger partial charge in [0.25, 0.3) is 5.91 Å². The van der Waals surface area contributed by atoms with Crippen LogP contribution in [0.5, 0.6) is 0 Å². The summed E-state index contributed by atoms with van der Waals surface area (Å²) in [5.41, 5.74) is 2.04. The van der Waals surface area contributed by atoms with Gasteiger partial charge in [-0.15, -0.1) is 0 Å². The van der Waals surface area contributed by atoms with Crippen LogP contribution < -0.4 is 5.32 Å². The number of carboxylic acid groups (broad SMARTS) is 1. The molecule has 3 rings (SSSR count). The van der Waals surface area contributed by atoms with Gasteiger partial charge in [-0.2, -0.15) is 5.26 Å². The molecule has 138 valence electrons. The number of hydrogen-bond donors (Lipinski definition) is 2. The van der Waals surface area contributed by atoms with E-state index in [1.165, 1.54) is 18.2 Å². The number of carbonyl (C=O) groups is 2. The number of halogens is 1. The predicted octanol–water partition coefficient (Wildman–Crippen LogP) is 4.48. The average molecular weight is 436 g/mol. The molecular formula is C21H14BrN3O3. The van der Waals surface area contributed by atoms with Crippen molar-refractivity contribution >= 4 is 39.6 Å². The van der Waals surface area contributed by atoms with Crippen molar-refractivity contribution in [3.63, 3.8) is 0 Å². The predicted molar refractivity (Wildman–Crippen MR) is 109 cm³/mol. The molecule has 7 heteroatoms. The average Bonchev–Trinajstić information content (AvgIpc) is 3.16. The molecule has 1 heterocycles. The molecule has 1 aromatic heterocycles. The van der Waals surface area contributed by atoms with Crippen molar-refractivity contribution in [1.29, 1.82) is 5.26 Å². The van der Waals surface area contributed by atoms with Crippen LogP contribution in [-0.2, 0) is 4.79 Å². The molecule has 3 aromatic rings. The molecule has 0 saturated heterocycles. The Hall–Kier alpha value is -3.63. The van der Waals surface area contributed by atoms with Gasteiger partial charge in [-0.05, 0) is 66.7 Å². The topological polar surface area (TPSA) is 95.1 Å². The summed E-state index contributed by atoms with van der Waals surface area (Å²) in [4.78, 5) is 23.4. The van der Waals surface area contributed by atoms with Gasteiger partial charge in [-0.25, -0.2) is 4.79 Å². The van der Waals surface area contributed by atoms with E-state index in [2.05, 4.69) is 21.2 Å². The molecule has 0 aliphatic carbocycles. The number of anilines is 1. The van der Waals surface area contributed by atoms with Crippen molar-refractivity contribution in [2.75, 3.05) is 5.32 Å². The lowest BCUT2D eigenvalue weighted by Gasteiger charge is -2.08. The van der Waals surface area contributed by atoms with Crippen LogP contribution in [0.25, 0.3) is 11.8 Å². The highest BCUT2D eigenvalue weighted by Crippen LogP contribution is 2.18. The van der Waals surface area contributed by atoms with Gasteiger partial charge in [0.05, 0.1) is 5.56 Å². The van der Waals surface area contributed by atoms with E-state index in [0.29, 0.717) is 17.1 Å². The molecule has 0 bridgehead atoms. The van der Waals surface area contributed by atoms with Gasteiger partial charge in [0.2, 0.25) is 0 Å². The molecule has 0 saturated carbocycles. The van der Waals surface area contributed by atoms with Crippen LogP contribution in [0, 0.1) is 11.3 Å². The monoisotopic (exact) mass is 435 g/mol. The fraction of sp³-hybridized carbons (Fsp3) is 0. The van der Waals surface area contributed by atoms with Crippen molar-refractivity contribution in [1.82, 2.24) is 4.57 Å². The Morgan fingerprint density at radius 1 is 1.07 bits per heavy atom. The van der Waals surface area contributed by atoms with Crippen molar-refractivity contribution < 1.29 is 14.7 Å². The minimum absolute atomic E-state index is 0.0509. The van der Waals surface area contributed by atoms with Gasteiger partial charge < -0.3 is 15.0 Å². The van der Waals surface area contributed by atoms with Crippen LogP contribution in [0.4, 0.5) is 5.69 Å². The quantitative estimate of drug-likeness (QED) is 0.455. The molecular weight excluding hydrogens is 422 g/mol. The lowest BCUT2D eigenvalue weighted by Crippen LogP contribution is -2.13. The largest absolute Gasteiger partial charge is 0.478 e. The third-order valence-electron chi connectivity index (χ3n) is 3.93. The standard InChI is InChI=1S/C21H14BrN3O3/c22-16-5-7-17(8-6-16)24-20(26)15(13-23)12-19-2-1-11-25(19)18-9-3-14(4-10-18)21(27)28/h1-12H,(H,24,26)(H,27,28)/b15-12-. The van der Waals surface area contributed by atoms with E-state index in [-0.39, 0.29) is 11.1 Å². The summed E-state index contributed by atoms with van der Waals surface area (Å²) in [6, 6.07) is 18.8. The number of carbonyl (C=O) groups excluding carboxylic acids is 1. The highest BCUT2D eigenvalue weighted by molar-refractivity contribution is 9.10. The number of rotatable bonds is 5.